The van der Waals surface area contributed by atoms with Crippen LogP contribution < -0.4 is 14.8 Å². The van der Waals surface area contributed by atoms with Gasteiger partial charge in [0.25, 0.3) is 5.91 Å². The zero-order valence-electron chi connectivity index (χ0n) is 23.3. The van der Waals surface area contributed by atoms with E-state index in [1.165, 1.54) is 29.8 Å². The molecule has 5 rings (SSSR count). The molecule has 0 atom stereocenters. The zero-order valence-corrected chi connectivity index (χ0v) is 24.1. The number of thiazole rings is 1. The SMILES string of the molecule is COc1ccc(CCn2c(-c3csc(-c4cnccn4)n3)cc(C(=O)NCCC3=CCCCC3)c2C)cc1OC. The number of hydrogen-bond acceptors (Lipinski definition) is 7. The first-order valence-corrected chi connectivity index (χ1v) is 14.5. The van der Waals surface area contributed by atoms with Gasteiger partial charge in [-0.3, -0.25) is 14.8 Å². The summed E-state index contributed by atoms with van der Waals surface area (Å²) < 4.78 is 13.1. The van der Waals surface area contributed by atoms with Crippen LogP contribution in [0, 0.1) is 6.92 Å². The quantitative estimate of drug-likeness (QED) is 0.219. The maximum absolute atomic E-state index is 13.3. The topological polar surface area (TPSA) is 91.2 Å². The number of hydrogen-bond donors (Lipinski definition) is 1. The van der Waals surface area contributed by atoms with Gasteiger partial charge in [-0.05, 0) is 69.2 Å². The Morgan fingerprint density at radius 2 is 1.95 bits per heavy atom. The third-order valence-corrected chi connectivity index (χ3v) is 8.21. The van der Waals surface area contributed by atoms with Gasteiger partial charge in [-0.1, -0.05) is 17.7 Å². The van der Waals surface area contributed by atoms with E-state index in [4.69, 9.17) is 14.5 Å². The van der Waals surface area contributed by atoms with Gasteiger partial charge in [-0.25, -0.2) is 4.98 Å². The number of aryl methyl sites for hydroxylation is 1. The number of rotatable bonds is 11. The molecule has 4 aromatic rings. The second-order valence-corrected chi connectivity index (χ2v) is 10.7. The van der Waals surface area contributed by atoms with Crippen molar-refractivity contribution in [3.63, 3.8) is 0 Å². The highest BCUT2D eigenvalue weighted by Gasteiger charge is 2.21. The van der Waals surface area contributed by atoms with Crippen LogP contribution in [0.15, 0.2) is 59.9 Å². The van der Waals surface area contributed by atoms with E-state index in [9.17, 15) is 4.79 Å². The minimum Gasteiger partial charge on any atom is -0.493 e. The van der Waals surface area contributed by atoms with Gasteiger partial charge in [0.05, 0.1) is 37.4 Å². The molecule has 0 bridgehead atoms. The Labute approximate surface area is 239 Å². The van der Waals surface area contributed by atoms with Crippen molar-refractivity contribution in [2.75, 3.05) is 20.8 Å². The molecule has 1 aromatic carbocycles. The summed E-state index contributed by atoms with van der Waals surface area (Å²) in [5.74, 6) is 1.35. The summed E-state index contributed by atoms with van der Waals surface area (Å²) in [5, 5.41) is 5.96. The normalized spacial score (nSPS) is 13.1. The molecule has 1 aliphatic rings. The Bertz CT molecular complexity index is 1490. The number of carbonyl (C=O) groups excluding carboxylic acids is 1. The Morgan fingerprint density at radius 1 is 1.07 bits per heavy atom. The van der Waals surface area contributed by atoms with Crippen LogP contribution >= 0.6 is 11.3 Å². The first-order chi connectivity index (χ1) is 19.6. The number of aromatic nitrogens is 4. The van der Waals surface area contributed by atoms with E-state index >= 15 is 0 Å². The van der Waals surface area contributed by atoms with Crippen LogP contribution in [0.2, 0.25) is 0 Å². The van der Waals surface area contributed by atoms with Crippen molar-refractivity contribution >= 4 is 17.2 Å². The molecule has 1 N–H and O–H groups in total. The Hall–Kier alpha value is -3.98. The van der Waals surface area contributed by atoms with Crippen LogP contribution in [-0.2, 0) is 13.0 Å². The highest BCUT2D eigenvalue weighted by Crippen LogP contribution is 2.32. The van der Waals surface area contributed by atoms with Crippen LogP contribution in [0.3, 0.4) is 0 Å². The number of nitrogens with zero attached hydrogens (tertiary/aromatic N) is 4. The molecule has 0 saturated heterocycles. The number of amides is 1. The largest absolute Gasteiger partial charge is 0.493 e. The van der Waals surface area contributed by atoms with Crippen molar-refractivity contribution in [3.05, 3.63) is 76.7 Å². The number of nitrogens with one attached hydrogen (secondary N) is 1. The average Bonchev–Trinajstić information content (AvgIpc) is 3.61. The summed E-state index contributed by atoms with van der Waals surface area (Å²) in [5.41, 5.74) is 6.61. The van der Waals surface area contributed by atoms with Crippen molar-refractivity contribution in [1.82, 2.24) is 24.8 Å². The standard InChI is InChI=1S/C31H35N5O3S/c1-21-24(30(37)34-13-11-22-7-5-4-6-8-22)18-27(26-20-40-31(35-26)25-19-32-14-15-33-25)36(21)16-12-23-9-10-28(38-2)29(17-23)39-3/h7,9-10,14-15,17-20H,4-6,8,11-13,16H2,1-3H3,(H,34,37). The van der Waals surface area contributed by atoms with Crippen molar-refractivity contribution < 1.29 is 14.3 Å². The average molecular weight is 558 g/mol. The van der Waals surface area contributed by atoms with E-state index in [0.717, 1.165) is 59.0 Å². The lowest BCUT2D eigenvalue weighted by Crippen LogP contribution is -2.25. The molecule has 0 fully saturated rings. The molecule has 8 nitrogen and oxygen atoms in total. The molecule has 1 aliphatic carbocycles. The Balaban J connectivity index is 1.41. The van der Waals surface area contributed by atoms with Crippen LogP contribution in [0.25, 0.3) is 22.1 Å². The summed E-state index contributed by atoms with van der Waals surface area (Å²) in [6.07, 6.45) is 13.8. The van der Waals surface area contributed by atoms with Gasteiger partial charge in [0.15, 0.2) is 11.5 Å². The number of ether oxygens (including phenoxy) is 2. The molecule has 208 valence electrons. The lowest BCUT2D eigenvalue weighted by atomic mass is 9.97. The number of methoxy groups -OCH3 is 2. The van der Waals surface area contributed by atoms with E-state index in [2.05, 4.69) is 25.9 Å². The van der Waals surface area contributed by atoms with Gasteiger partial charge >= 0.3 is 0 Å². The van der Waals surface area contributed by atoms with Crippen molar-refractivity contribution in [3.8, 4) is 33.6 Å². The van der Waals surface area contributed by atoms with Gasteiger partial charge in [-0.15, -0.1) is 11.3 Å². The van der Waals surface area contributed by atoms with Crippen molar-refractivity contribution in [1.29, 1.82) is 0 Å². The lowest BCUT2D eigenvalue weighted by Gasteiger charge is -2.14. The Kier molecular flexibility index (Phi) is 8.91. The first-order valence-electron chi connectivity index (χ1n) is 13.7. The molecule has 40 heavy (non-hydrogen) atoms. The molecule has 9 heteroatoms. The molecular weight excluding hydrogens is 522 g/mol. The molecule has 0 spiro atoms. The smallest absolute Gasteiger partial charge is 0.253 e. The zero-order chi connectivity index (χ0) is 27.9. The van der Waals surface area contributed by atoms with Gasteiger partial charge in [-0.2, -0.15) is 0 Å². The summed E-state index contributed by atoms with van der Waals surface area (Å²) in [6.45, 7) is 3.32. The van der Waals surface area contributed by atoms with Crippen LogP contribution in [0.1, 0.15) is 53.7 Å². The third kappa shape index (κ3) is 6.25. The van der Waals surface area contributed by atoms with Crippen LogP contribution in [-0.4, -0.2) is 46.2 Å². The highest BCUT2D eigenvalue weighted by atomic mass is 32.1. The van der Waals surface area contributed by atoms with E-state index in [0.29, 0.717) is 30.2 Å². The fourth-order valence-corrected chi connectivity index (χ4v) is 5.91. The van der Waals surface area contributed by atoms with Crippen molar-refractivity contribution in [2.45, 2.75) is 52.0 Å². The van der Waals surface area contributed by atoms with E-state index in [-0.39, 0.29) is 5.91 Å². The molecule has 3 aromatic heterocycles. The fraction of sp³-hybridized carbons (Fsp3) is 0.355. The Morgan fingerprint density at radius 3 is 2.70 bits per heavy atom. The van der Waals surface area contributed by atoms with Crippen molar-refractivity contribution in [2.24, 2.45) is 0 Å². The maximum Gasteiger partial charge on any atom is 0.253 e. The number of carbonyl (C=O) groups is 1. The van der Waals surface area contributed by atoms with Gasteiger partial charge in [0, 0.05) is 36.6 Å². The molecule has 0 saturated carbocycles. The molecule has 0 unspecified atom stereocenters. The lowest BCUT2D eigenvalue weighted by molar-refractivity contribution is 0.0953. The monoisotopic (exact) mass is 557 g/mol. The molecule has 0 radical (unpaired) electrons. The molecule has 1 amide bonds. The summed E-state index contributed by atoms with van der Waals surface area (Å²) in [7, 11) is 3.28. The number of allylic oxidation sites excluding steroid dienone is 1. The third-order valence-electron chi connectivity index (χ3n) is 7.35. The van der Waals surface area contributed by atoms with Gasteiger partial charge < -0.3 is 19.4 Å². The van der Waals surface area contributed by atoms with Crippen LogP contribution in [0.4, 0.5) is 0 Å². The van der Waals surface area contributed by atoms with E-state index < -0.39 is 0 Å². The fourth-order valence-electron chi connectivity index (χ4n) is 5.13. The van der Waals surface area contributed by atoms with E-state index in [1.807, 2.05) is 36.6 Å². The highest BCUT2D eigenvalue weighted by molar-refractivity contribution is 7.13. The summed E-state index contributed by atoms with van der Waals surface area (Å²) in [6, 6.07) is 7.93. The molecule has 3 heterocycles. The molecular formula is C31H35N5O3S. The van der Waals surface area contributed by atoms with Gasteiger partial charge in [0.1, 0.15) is 10.7 Å². The predicted molar refractivity (Wildman–Crippen MR) is 158 cm³/mol. The number of benzene rings is 1. The minimum absolute atomic E-state index is 0.0515. The predicted octanol–water partition coefficient (Wildman–Crippen LogP) is 6.26. The summed E-state index contributed by atoms with van der Waals surface area (Å²) >= 11 is 1.52. The van der Waals surface area contributed by atoms with Gasteiger partial charge in [0.2, 0.25) is 0 Å². The second kappa shape index (κ2) is 12.9. The summed E-state index contributed by atoms with van der Waals surface area (Å²) in [4.78, 5) is 26.8. The minimum atomic E-state index is -0.0515. The first kappa shape index (κ1) is 27.6. The van der Waals surface area contributed by atoms with Crippen LogP contribution in [0.5, 0.6) is 11.5 Å². The molecule has 0 aliphatic heterocycles. The maximum atomic E-state index is 13.3. The second-order valence-electron chi connectivity index (χ2n) is 9.86. The van der Waals surface area contributed by atoms with E-state index in [1.54, 1.807) is 32.8 Å².